The lowest BCUT2D eigenvalue weighted by Crippen LogP contribution is -2.00. The Bertz CT molecular complexity index is 977. The lowest BCUT2D eigenvalue weighted by atomic mass is 10.1. The van der Waals surface area contributed by atoms with Gasteiger partial charge in [-0.1, -0.05) is 24.3 Å². The fourth-order valence-corrected chi connectivity index (χ4v) is 2.54. The van der Waals surface area contributed by atoms with Gasteiger partial charge in [-0.3, -0.25) is 10.1 Å². The molecule has 0 bridgehead atoms. The fraction of sp³-hybridized carbons (Fsp3) is 0.0556. The van der Waals surface area contributed by atoms with E-state index >= 15 is 0 Å². The van der Waals surface area contributed by atoms with Gasteiger partial charge in [0.25, 0.3) is 0 Å². The molecule has 0 atom stereocenters. The van der Waals surface area contributed by atoms with Crippen molar-refractivity contribution in [2.45, 2.75) is 6.92 Å². The number of hydrogen-bond acceptors (Lipinski definition) is 5. The standard InChI is InChI=1S/C18H16N6/c1-12-10-17(24-23-12)21-16-11-13-4-2-3-5-15(13)18(22-16)20-14-6-8-19-9-7-14/h2-11H,1H3,(H3,19,20,21,22,23,24). The molecule has 0 aliphatic rings. The molecule has 3 heterocycles. The van der Waals surface area contributed by atoms with Gasteiger partial charge in [0.05, 0.1) is 0 Å². The molecular formula is C18H16N6. The average molecular weight is 316 g/mol. The summed E-state index contributed by atoms with van der Waals surface area (Å²) >= 11 is 0. The van der Waals surface area contributed by atoms with Crippen molar-refractivity contribution in [3.63, 3.8) is 0 Å². The summed E-state index contributed by atoms with van der Waals surface area (Å²) in [4.78, 5) is 8.74. The number of aromatic amines is 1. The molecule has 0 fully saturated rings. The van der Waals surface area contributed by atoms with Crippen molar-refractivity contribution in [1.29, 1.82) is 0 Å². The monoisotopic (exact) mass is 316 g/mol. The molecule has 6 nitrogen and oxygen atoms in total. The molecule has 6 heteroatoms. The largest absolute Gasteiger partial charge is 0.340 e. The zero-order valence-corrected chi connectivity index (χ0v) is 13.1. The van der Waals surface area contributed by atoms with E-state index in [1.807, 2.05) is 49.4 Å². The Labute approximate surface area is 139 Å². The Hall–Kier alpha value is -3.41. The summed E-state index contributed by atoms with van der Waals surface area (Å²) in [6.07, 6.45) is 3.50. The molecule has 1 aromatic carbocycles. The van der Waals surface area contributed by atoms with Crippen LogP contribution in [0.1, 0.15) is 5.69 Å². The molecule has 4 rings (SSSR count). The van der Waals surface area contributed by atoms with E-state index in [0.29, 0.717) is 0 Å². The van der Waals surface area contributed by atoms with Crippen LogP contribution in [-0.2, 0) is 0 Å². The van der Waals surface area contributed by atoms with E-state index in [4.69, 9.17) is 4.98 Å². The number of anilines is 4. The summed E-state index contributed by atoms with van der Waals surface area (Å²) in [6, 6.07) is 15.9. The van der Waals surface area contributed by atoms with Crippen LogP contribution in [0.25, 0.3) is 10.8 Å². The first-order chi connectivity index (χ1) is 11.8. The van der Waals surface area contributed by atoms with Gasteiger partial charge in [-0.25, -0.2) is 4.98 Å². The van der Waals surface area contributed by atoms with Crippen LogP contribution >= 0.6 is 0 Å². The molecule has 0 unspecified atom stereocenters. The van der Waals surface area contributed by atoms with Gasteiger partial charge >= 0.3 is 0 Å². The first kappa shape index (κ1) is 14.2. The minimum Gasteiger partial charge on any atom is -0.340 e. The quantitative estimate of drug-likeness (QED) is 0.527. The molecule has 0 aliphatic heterocycles. The second-order valence-corrected chi connectivity index (χ2v) is 5.50. The molecule has 3 N–H and O–H groups in total. The average Bonchev–Trinajstić information content (AvgIpc) is 3.01. The molecule has 0 saturated heterocycles. The van der Waals surface area contributed by atoms with Crippen molar-refractivity contribution in [2.24, 2.45) is 0 Å². The van der Waals surface area contributed by atoms with Gasteiger partial charge in [0, 0.05) is 35.2 Å². The number of hydrogen-bond donors (Lipinski definition) is 3. The second-order valence-electron chi connectivity index (χ2n) is 5.50. The van der Waals surface area contributed by atoms with Gasteiger partial charge in [0.2, 0.25) is 0 Å². The molecule has 0 amide bonds. The Kier molecular flexibility index (Phi) is 3.55. The Morgan fingerprint density at radius 2 is 1.75 bits per heavy atom. The fourth-order valence-electron chi connectivity index (χ4n) is 2.54. The number of fused-ring (bicyclic) bond motifs is 1. The highest BCUT2D eigenvalue weighted by Gasteiger charge is 2.08. The topological polar surface area (TPSA) is 78.5 Å². The SMILES string of the molecule is Cc1cc(Nc2cc3ccccc3c(Nc3ccncc3)n2)n[nH]1. The molecule has 3 aromatic heterocycles. The maximum atomic E-state index is 4.70. The maximum Gasteiger partial charge on any atom is 0.153 e. The summed E-state index contributed by atoms with van der Waals surface area (Å²) in [6.45, 7) is 1.96. The molecular weight excluding hydrogens is 300 g/mol. The van der Waals surface area contributed by atoms with E-state index in [-0.39, 0.29) is 0 Å². The van der Waals surface area contributed by atoms with Crippen molar-refractivity contribution < 1.29 is 0 Å². The molecule has 0 saturated carbocycles. The normalized spacial score (nSPS) is 10.7. The minimum atomic E-state index is 0.733. The lowest BCUT2D eigenvalue weighted by molar-refractivity contribution is 1.05. The molecule has 0 aliphatic carbocycles. The van der Waals surface area contributed by atoms with E-state index in [2.05, 4.69) is 31.9 Å². The second kappa shape index (κ2) is 6.00. The van der Waals surface area contributed by atoms with E-state index in [1.165, 1.54) is 0 Å². The van der Waals surface area contributed by atoms with Gasteiger partial charge in [-0.2, -0.15) is 5.10 Å². The summed E-state index contributed by atoms with van der Waals surface area (Å²) in [5.74, 6) is 2.26. The van der Waals surface area contributed by atoms with Crippen molar-refractivity contribution in [3.8, 4) is 0 Å². The van der Waals surface area contributed by atoms with Gasteiger partial charge in [0.1, 0.15) is 11.6 Å². The highest BCUT2D eigenvalue weighted by molar-refractivity contribution is 5.95. The number of nitrogens with zero attached hydrogens (tertiary/aromatic N) is 3. The summed E-state index contributed by atoms with van der Waals surface area (Å²) < 4.78 is 0. The maximum absolute atomic E-state index is 4.70. The van der Waals surface area contributed by atoms with Crippen LogP contribution in [-0.4, -0.2) is 20.2 Å². The third-order valence-electron chi connectivity index (χ3n) is 3.65. The molecule has 4 aromatic rings. The summed E-state index contributed by atoms with van der Waals surface area (Å²) in [7, 11) is 0. The molecule has 118 valence electrons. The zero-order chi connectivity index (χ0) is 16.4. The van der Waals surface area contributed by atoms with Crippen LogP contribution in [0, 0.1) is 6.92 Å². The predicted molar refractivity (Wildman–Crippen MR) is 95.9 cm³/mol. The van der Waals surface area contributed by atoms with Crippen molar-refractivity contribution in [2.75, 3.05) is 10.6 Å². The highest BCUT2D eigenvalue weighted by Crippen LogP contribution is 2.28. The lowest BCUT2D eigenvalue weighted by Gasteiger charge is -2.11. The van der Waals surface area contributed by atoms with E-state index in [9.17, 15) is 0 Å². The number of aryl methyl sites for hydroxylation is 1. The van der Waals surface area contributed by atoms with Gasteiger partial charge in [0.15, 0.2) is 5.82 Å². The third kappa shape index (κ3) is 2.89. The van der Waals surface area contributed by atoms with Crippen LogP contribution in [0.2, 0.25) is 0 Å². The van der Waals surface area contributed by atoms with Crippen LogP contribution in [0.5, 0.6) is 0 Å². The summed E-state index contributed by atoms with van der Waals surface area (Å²) in [5.41, 5.74) is 1.93. The van der Waals surface area contributed by atoms with Crippen LogP contribution in [0.15, 0.2) is 60.9 Å². The first-order valence-corrected chi connectivity index (χ1v) is 7.64. The van der Waals surface area contributed by atoms with E-state index in [0.717, 1.165) is 39.6 Å². The zero-order valence-electron chi connectivity index (χ0n) is 13.1. The summed E-state index contributed by atoms with van der Waals surface area (Å²) in [5, 5.41) is 15.9. The van der Waals surface area contributed by atoms with Gasteiger partial charge < -0.3 is 10.6 Å². The molecule has 24 heavy (non-hydrogen) atoms. The number of pyridine rings is 2. The minimum absolute atomic E-state index is 0.733. The molecule has 0 spiro atoms. The smallest absolute Gasteiger partial charge is 0.153 e. The van der Waals surface area contributed by atoms with Crippen molar-refractivity contribution in [1.82, 2.24) is 20.2 Å². The van der Waals surface area contributed by atoms with E-state index < -0.39 is 0 Å². The van der Waals surface area contributed by atoms with Crippen LogP contribution in [0.3, 0.4) is 0 Å². The number of rotatable bonds is 4. The van der Waals surface area contributed by atoms with Crippen LogP contribution in [0.4, 0.5) is 23.1 Å². The van der Waals surface area contributed by atoms with Crippen molar-refractivity contribution in [3.05, 3.63) is 66.6 Å². The van der Waals surface area contributed by atoms with Gasteiger partial charge in [-0.15, -0.1) is 0 Å². The Balaban J connectivity index is 1.75. The number of nitrogens with one attached hydrogen (secondary N) is 3. The van der Waals surface area contributed by atoms with Crippen LogP contribution < -0.4 is 10.6 Å². The third-order valence-corrected chi connectivity index (χ3v) is 3.65. The van der Waals surface area contributed by atoms with Crippen molar-refractivity contribution >= 4 is 33.9 Å². The molecule has 0 radical (unpaired) electrons. The highest BCUT2D eigenvalue weighted by atomic mass is 15.2. The number of H-pyrrole nitrogens is 1. The Morgan fingerprint density at radius 1 is 0.917 bits per heavy atom. The first-order valence-electron chi connectivity index (χ1n) is 7.64. The number of benzene rings is 1. The number of aromatic nitrogens is 4. The Morgan fingerprint density at radius 3 is 2.54 bits per heavy atom. The van der Waals surface area contributed by atoms with E-state index in [1.54, 1.807) is 12.4 Å². The predicted octanol–water partition coefficient (Wildman–Crippen LogP) is 4.15. The van der Waals surface area contributed by atoms with Gasteiger partial charge in [-0.05, 0) is 30.5 Å².